The first-order chi connectivity index (χ1) is 11.8. The van der Waals surface area contributed by atoms with Gasteiger partial charge < -0.3 is 14.5 Å². The zero-order valence-corrected chi connectivity index (χ0v) is 14.2. The molecule has 2 atom stereocenters. The lowest BCUT2D eigenvalue weighted by molar-refractivity contribution is -0.00300. The maximum absolute atomic E-state index is 12.4. The summed E-state index contributed by atoms with van der Waals surface area (Å²) in [5.41, 5.74) is 1.79. The molecule has 3 rings (SSSR count). The van der Waals surface area contributed by atoms with E-state index in [4.69, 9.17) is 9.15 Å². The first kappa shape index (κ1) is 16.8. The monoisotopic (exact) mass is 327 g/mol. The zero-order valence-electron chi connectivity index (χ0n) is 14.2. The van der Waals surface area contributed by atoms with Crippen LogP contribution in [0.4, 0.5) is 0 Å². The molecule has 0 unspecified atom stereocenters. The molecule has 2 aromatic rings. The molecule has 0 saturated heterocycles. The van der Waals surface area contributed by atoms with Crippen molar-refractivity contribution in [1.29, 1.82) is 0 Å². The molecule has 1 aliphatic rings. The topological polar surface area (TPSA) is 51.5 Å². The third-order valence-electron chi connectivity index (χ3n) is 4.71. The van der Waals surface area contributed by atoms with Crippen LogP contribution in [0.2, 0.25) is 0 Å². The van der Waals surface area contributed by atoms with Crippen LogP contribution in [0, 0.1) is 5.92 Å². The van der Waals surface area contributed by atoms with Crippen molar-refractivity contribution in [1.82, 2.24) is 5.32 Å². The highest BCUT2D eigenvalue weighted by Gasteiger charge is 2.22. The van der Waals surface area contributed by atoms with Gasteiger partial charge in [-0.3, -0.25) is 4.79 Å². The van der Waals surface area contributed by atoms with E-state index in [0.717, 1.165) is 17.5 Å². The largest absolute Gasteiger partial charge is 0.459 e. The molecule has 1 saturated carbocycles. The standard InChI is InChI=1S/C20H25NO3/c1-15-7-5-6-10-18(15)23-14-12-21-20(22)19-17(11-13-24-19)16-8-3-2-4-9-16/h2-4,8-9,11,13,15,18H,5-7,10,12,14H2,1H3,(H,21,22)/t15-,18+/m0/s1. The number of benzene rings is 1. The normalized spacial score (nSPS) is 20.7. The van der Waals surface area contributed by atoms with Crippen LogP contribution in [0.15, 0.2) is 47.1 Å². The van der Waals surface area contributed by atoms with Gasteiger partial charge in [0, 0.05) is 12.1 Å². The van der Waals surface area contributed by atoms with Gasteiger partial charge in [-0.1, -0.05) is 50.1 Å². The van der Waals surface area contributed by atoms with Crippen LogP contribution in [0.1, 0.15) is 43.2 Å². The molecule has 1 aromatic carbocycles. The molecule has 1 aliphatic carbocycles. The van der Waals surface area contributed by atoms with Crippen LogP contribution < -0.4 is 5.32 Å². The third-order valence-corrected chi connectivity index (χ3v) is 4.71. The molecule has 1 fully saturated rings. The molecule has 24 heavy (non-hydrogen) atoms. The quantitative estimate of drug-likeness (QED) is 0.806. The molecule has 1 aromatic heterocycles. The van der Waals surface area contributed by atoms with Gasteiger partial charge in [0.2, 0.25) is 0 Å². The van der Waals surface area contributed by atoms with Crippen molar-refractivity contribution in [2.24, 2.45) is 5.92 Å². The number of carbonyl (C=O) groups excluding carboxylic acids is 1. The fourth-order valence-electron chi connectivity index (χ4n) is 3.32. The van der Waals surface area contributed by atoms with Crippen LogP contribution in [-0.4, -0.2) is 25.2 Å². The van der Waals surface area contributed by atoms with E-state index in [1.54, 1.807) is 6.26 Å². The van der Waals surface area contributed by atoms with Crippen LogP contribution in [-0.2, 0) is 4.74 Å². The summed E-state index contributed by atoms with van der Waals surface area (Å²) in [6, 6.07) is 11.6. The highest BCUT2D eigenvalue weighted by molar-refractivity contribution is 5.98. The van der Waals surface area contributed by atoms with Crippen LogP contribution >= 0.6 is 0 Å². The van der Waals surface area contributed by atoms with E-state index < -0.39 is 0 Å². The van der Waals surface area contributed by atoms with Crippen LogP contribution in [0.25, 0.3) is 11.1 Å². The third kappa shape index (κ3) is 4.06. The zero-order chi connectivity index (χ0) is 16.8. The van der Waals surface area contributed by atoms with Gasteiger partial charge in [-0.2, -0.15) is 0 Å². The fourth-order valence-corrected chi connectivity index (χ4v) is 3.32. The summed E-state index contributed by atoms with van der Waals surface area (Å²) in [7, 11) is 0. The minimum absolute atomic E-state index is 0.195. The van der Waals surface area contributed by atoms with Crippen molar-refractivity contribution >= 4 is 5.91 Å². The van der Waals surface area contributed by atoms with Gasteiger partial charge in [0.1, 0.15) is 0 Å². The molecule has 128 valence electrons. The lowest BCUT2D eigenvalue weighted by atomic mass is 9.88. The Balaban J connectivity index is 1.50. The molecule has 1 heterocycles. The number of hydrogen-bond donors (Lipinski definition) is 1. The smallest absolute Gasteiger partial charge is 0.287 e. The minimum Gasteiger partial charge on any atom is -0.459 e. The summed E-state index contributed by atoms with van der Waals surface area (Å²) in [6.07, 6.45) is 6.80. The van der Waals surface area contributed by atoms with E-state index in [0.29, 0.717) is 30.9 Å². The summed E-state index contributed by atoms with van der Waals surface area (Å²) in [6.45, 7) is 3.29. The van der Waals surface area contributed by atoms with Gasteiger partial charge in [0.05, 0.1) is 19.0 Å². The fraction of sp³-hybridized carbons (Fsp3) is 0.450. The number of rotatable bonds is 6. The predicted molar refractivity (Wildman–Crippen MR) is 93.8 cm³/mol. The predicted octanol–water partition coefficient (Wildman–Crippen LogP) is 4.27. The number of amides is 1. The summed E-state index contributed by atoms with van der Waals surface area (Å²) < 4.78 is 11.3. The van der Waals surface area contributed by atoms with Crippen LogP contribution in [0.5, 0.6) is 0 Å². The minimum atomic E-state index is -0.195. The Labute approximate surface area is 143 Å². The molecular formula is C20H25NO3. The van der Waals surface area contributed by atoms with E-state index >= 15 is 0 Å². The van der Waals surface area contributed by atoms with E-state index in [2.05, 4.69) is 12.2 Å². The molecule has 4 heteroatoms. The van der Waals surface area contributed by atoms with Gasteiger partial charge >= 0.3 is 0 Å². The van der Waals surface area contributed by atoms with Gasteiger partial charge in [-0.05, 0) is 30.4 Å². The number of hydrogen-bond acceptors (Lipinski definition) is 3. The highest BCUT2D eigenvalue weighted by Crippen LogP contribution is 2.26. The second-order valence-corrected chi connectivity index (χ2v) is 6.46. The Kier molecular flexibility index (Phi) is 5.70. The SMILES string of the molecule is C[C@H]1CCCC[C@H]1OCCNC(=O)c1occc1-c1ccccc1. The maximum atomic E-state index is 12.4. The Hall–Kier alpha value is -2.07. The van der Waals surface area contributed by atoms with Crippen LogP contribution in [0.3, 0.4) is 0 Å². The molecule has 0 radical (unpaired) electrons. The van der Waals surface area contributed by atoms with E-state index in [-0.39, 0.29) is 5.91 Å². The van der Waals surface area contributed by atoms with E-state index in [1.165, 1.54) is 19.3 Å². The summed E-state index contributed by atoms with van der Waals surface area (Å²) in [5.74, 6) is 0.774. The molecule has 0 bridgehead atoms. The van der Waals surface area contributed by atoms with E-state index in [9.17, 15) is 4.79 Å². The van der Waals surface area contributed by atoms with Crippen molar-refractivity contribution in [3.05, 3.63) is 48.4 Å². The summed E-state index contributed by atoms with van der Waals surface area (Å²) in [5, 5.41) is 2.89. The van der Waals surface area contributed by atoms with Crippen molar-refractivity contribution in [3.63, 3.8) is 0 Å². The van der Waals surface area contributed by atoms with Crippen molar-refractivity contribution in [2.75, 3.05) is 13.2 Å². The molecule has 1 amide bonds. The average molecular weight is 327 g/mol. The van der Waals surface area contributed by atoms with Gasteiger partial charge in [-0.25, -0.2) is 0 Å². The molecule has 0 spiro atoms. The Morgan fingerprint density at radius 3 is 2.79 bits per heavy atom. The Morgan fingerprint density at radius 2 is 2.00 bits per heavy atom. The lowest BCUT2D eigenvalue weighted by Gasteiger charge is -2.28. The second kappa shape index (κ2) is 8.15. The lowest BCUT2D eigenvalue weighted by Crippen LogP contribution is -2.31. The van der Waals surface area contributed by atoms with Crippen molar-refractivity contribution in [3.8, 4) is 11.1 Å². The van der Waals surface area contributed by atoms with Gasteiger partial charge in [0.25, 0.3) is 5.91 Å². The van der Waals surface area contributed by atoms with Gasteiger partial charge in [0.15, 0.2) is 5.76 Å². The molecule has 1 N–H and O–H groups in total. The maximum Gasteiger partial charge on any atom is 0.287 e. The number of carbonyl (C=O) groups is 1. The summed E-state index contributed by atoms with van der Waals surface area (Å²) in [4.78, 5) is 12.4. The van der Waals surface area contributed by atoms with Crippen molar-refractivity contribution in [2.45, 2.75) is 38.7 Å². The Morgan fingerprint density at radius 1 is 1.21 bits per heavy atom. The van der Waals surface area contributed by atoms with Gasteiger partial charge in [-0.15, -0.1) is 0 Å². The number of nitrogens with one attached hydrogen (secondary N) is 1. The molecule has 4 nitrogen and oxygen atoms in total. The summed E-state index contributed by atoms with van der Waals surface area (Å²) >= 11 is 0. The molecular weight excluding hydrogens is 302 g/mol. The average Bonchev–Trinajstić information content (AvgIpc) is 3.10. The highest BCUT2D eigenvalue weighted by atomic mass is 16.5. The Bertz CT molecular complexity index is 650. The second-order valence-electron chi connectivity index (χ2n) is 6.46. The number of ether oxygens (including phenoxy) is 1. The molecule has 0 aliphatic heterocycles. The first-order valence-electron chi connectivity index (χ1n) is 8.78. The van der Waals surface area contributed by atoms with E-state index in [1.807, 2.05) is 36.4 Å². The number of furan rings is 1. The first-order valence-corrected chi connectivity index (χ1v) is 8.78. The van der Waals surface area contributed by atoms with Crippen molar-refractivity contribution < 1.29 is 13.9 Å².